The molecule has 1 aromatic heterocycles. The average molecular weight is 423 g/mol. The van der Waals surface area contributed by atoms with E-state index < -0.39 is 17.7 Å². The number of hydrogen-bond acceptors (Lipinski definition) is 5. The Morgan fingerprint density at radius 2 is 1.77 bits per heavy atom. The normalized spacial score (nSPS) is 14.1. The molecule has 0 N–H and O–H groups in total. The number of amides is 3. The van der Waals surface area contributed by atoms with Gasteiger partial charge in [0.15, 0.2) is 4.80 Å². The minimum atomic E-state index is -0.545. The fraction of sp³-hybridized carbons (Fsp3) is 0.273. The second-order valence-corrected chi connectivity index (χ2v) is 8.18. The molecule has 1 aliphatic rings. The van der Waals surface area contributed by atoms with Gasteiger partial charge in [0, 0.05) is 13.7 Å². The Morgan fingerprint density at radius 3 is 2.40 bits per heavy atom. The van der Waals surface area contributed by atoms with Crippen molar-refractivity contribution < 1.29 is 19.1 Å². The monoisotopic (exact) mass is 423 g/mol. The van der Waals surface area contributed by atoms with E-state index in [9.17, 15) is 14.4 Å². The number of ether oxygens (including phenoxy) is 1. The molecule has 2 aromatic carbocycles. The summed E-state index contributed by atoms with van der Waals surface area (Å²) in [6.07, 6.45) is 0. The van der Waals surface area contributed by atoms with Crippen molar-refractivity contribution >= 4 is 39.3 Å². The minimum absolute atomic E-state index is 0.318. The molecule has 0 unspecified atom stereocenters. The summed E-state index contributed by atoms with van der Waals surface area (Å²) in [5, 5.41) is 0. The number of methoxy groups -OCH3 is 1. The summed E-state index contributed by atoms with van der Waals surface area (Å²) in [6, 6.07) is 10.7. The van der Waals surface area contributed by atoms with Crippen LogP contribution in [0, 0.1) is 13.8 Å². The first-order valence-corrected chi connectivity index (χ1v) is 10.3. The van der Waals surface area contributed by atoms with Gasteiger partial charge in [-0.1, -0.05) is 29.5 Å². The van der Waals surface area contributed by atoms with E-state index in [1.807, 2.05) is 18.4 Å². The number of nitrogens with zero attached hydrogens (tertiary/aromatic N) is 3. The van der Waals surface area contributed by atoms with Crippen LogP contribution in [0.15, 0.2) is 41.4 Å². The number of thiazole rings is 1. The first kappa shape index (κ1) is 20.2. The molecule has 0 saturated carbocycles. The first-order valence-electron chi connectivity index (χ1n) is 9.53. The largest absolute Gasteiger partial charge is 0.383 e. The van der Waals surface area contributed by atoms with Gasteiger partial charge < -0.3 is 9.30 Å². The number of aryl methyl sites for hydroxylation is 2. The predicted octanol–water partition coefficient (Wildman–Crippen LogP) is 2.69. The maximum Gasteiger partial charge on any atom is 0.268 e. The van der Waals surface area contributed by atoms with Crippen molar-refractivity contribution in [2.75, 3.05) is 20.3 Å². The van der Waals surface area contributed by atoms with Crippen LogP contribution in [0.1, 0.15) is 31.8 Å². The number of aromatic nitrogens is 1. The third-order valence-corrected chi connectivity index (χ3v) is 6.25. The van der Waals surface area contributed by atoms with Crippen molar-refractivity contribution in [1.82, 2.24) is 9.47 Å². The van der Waals surface area contributed by atoms with Crippen molar-refractivity contribution in [3.8, 4) is 0 Å². The molecule has 4 rings (SSSR count). The fourth-order valence-electron chi connectivity index (χ4n) is 3.66. The molecule has 0 saturated heterocycles. The molecule has 0 aliphatic carbocycles. The molecule has 0 bridgehead atoms. The lowest BCUT2D eigenvalue weighted by Gasteiger charge is -2.10. The van der Waals surface area contributed by atoms with E-state index in [1.54, 1.807) is 31.4 Å². The van der Waals surface area contributed by atoms with Gasteiger partial charge in [0.25, 0.3) is 17.7 Å². The van der Waals surface area contributed by atoms with Gasteiger partial charge >= 0.3 is 0 Å². The van der Waals surface area contributed by atoms with E-state index in [2.05, 4.69) is 17.1 Å². The van der Waals surface area contributed by atoms with Crippen LogP contribution in [0.5, 0.6) is 0 Å². The van der Waals surface area contributed by atoms with Crippen LogP contribution < -0.4 is 4.80 Å². The SMILES string of the molecule is COCCn1c(=NC(=O)CN2C(=O)c3ccccc3C2=O)sc2c(C)cc(C)cc21. The Morgan fingerprint density at radius 1 is 1.10 bits per heavy atom. The van der Waals surface area contributed by atoms with Gasteiger partial charge in [-0.05, 0) is 43.2 Å². The van der Waals surface area contributed by atoms with Gasteiger partial charge in [0.1, 0.15) is 6.54 Å². The molecule has 0 spiro atoms. The lowest BCUT2D eigenvalue weighted by Crippen LogP contribution is -2.35. The highest BCUT2D eigenvalue weighted by atomic mass is 32.1. The van der Waals surface area contributed by atoms with Crippen LogP contribution in [0.4, 0.5) is 0 Å². The Labute approximate surface area is 177 Å². The summed E-state index contributed by atoms with van der Waals surface area (Å²) in [6.45, 7) is 4.67. The summed E-state index contributed by atoms with van der Waals surface area (Å²) < 4.78 is 8.21. The molecule has 8 heteroatoms. The smallest absolute Gasteiger partial charge is 0.268 e. The van der Waals surface area contributed by atoms with E-state index in [-0.39, 0.29) is 6.54 Å². The summed E-state index contributed by atoms with van der Waals surface area (Å²) >= 11 is 1.42. The molecule has 0 fully saturated rings. The molecule has 7 nitrogen and oxygen atoms in total. The van der Waals surface area contributed by atoms with Crippen molar-refractivity contribution in [3.05, 3.63) is 63.5 Å². The van der Waals surface area contributed by atoms with Crippen molar-refractivity contribution in [2.24, 2.45) is 4.99 Å². The second kappa shape index (κ2) is 7.97. The zero-order chi connectivity index (χ0) is 21.4. The highest BCUT2D eigenvalue weighted by molar-refractivity contribution is 7.16. The third kappa shape index (κ3) is 3.48. The van der Waals surface area contributed by atoms with E-state index >= 15 is 0 Å². The van der Waals surface area contributed by atoms with Crippen LogP contribution in [0.2, 0.25) is 0 Å². The summed E-state index contributed by atoms with van der Waals surface area (Å²) in [4.78, 5) is 43.5. The molecule has 0 atom stereocenters. The van der Waals surface area contributed by atoms with Gasteiger partial charge in [0.2, 0.25) is 0 Å². The Hall–Kier alpha value is -3.10. The van der Waals surface area contributed by atoms with Gasteiger partial charge in [-0.25, -0.2) is 0 Å². The number of carbonyl (C=O) groups excluding carboxylic acids is 3. The third-order valence-electron chi connectivity index (χ3n) is 5.03. The molecule has 30 heavy (non-hydrogen) atoms. The van der Waals surface area contributed by atoms with E-state index in [0.29, 0.717) is 29.1 Å². The Balaban J connectivity index is 1.69. The number of fused-ring (bicyclic) bond motifs is 2. The fourth-order valence-corrected chi connectivity index (χ4v) is 4.78. The molecule has 1 aliphatic heterocycles. The van der Waals surface area contributed by atoms with Gasteiger partial charge in [0.05, 0.1) is 28.0 Å². The summed E-state index contributed by atoms with van der Waals surface area (Å²) in [7, 11) is 1.62. The van der Waals surface area contributed by atoms with Crippen LogP contribution in [0.3, 0.4) is 0 Å². The second-order valence-electron chi connectivity index (χ2n) is 7.21. The number of carbonyl (C=O) groups is 3. The minimum Gasteiger partial charge on any atom is -0.383 e. The topological polar surface area (TPSA) is 81.0 Å². The number of hydrogen-bond donors (Lipinski definition) is 0. The number of rotatable bonds is 5. The summed E-state index contributed by atoms with van der Waals surface area (Å²) in [5.74, 6) is -1.47. The Bertz CT molecular complexity index is 1220. The standard InChI is InChI=1S/C22H21N3O4S/c1-13-10-14(2)19-17(11-13)24(8-9-29-3)22(30-19)23-18(26)12-25-20(27)15-6-4-5-7-16(15)21(25)28/h4-7,10-11H,8-9,12H2,1-3H3. The summed E-state index contributed by atoms with van der Waals surface area (Å²) in [5.41, 5.74) is 3.85. The van der Waals surface area contributed by atoms with E-state index in [0.717, 1.165) is 26.2 Å². The van der Waals surface area contributed by atoms with Crippen LogP contribution in [-0.2, 0) is 16.1 Å². The zero-order valence-electron chi connectivity index (χ0n) is 17.0. The van der Waals surface area contributed by atoms with E-state index in [1.165, 1.54) is 11.3 Å². The molecular formula is C22H21N3O4S. The molecule has 0 radical (unpaired) electrons. The predicted molar refractivity (Wildman–Crippen MR) is 114 cm³/mol. The molecule has 154 valence electrons. The lowest BCUT2D eigenvalue weighted by atomic mass is 10.1. The van der Waals surface area contributed by atoms with E-state index in [4.69, 9.17) is 4.74 Å². The molecule has 3 aromatic rings. The highest BCUT2D eigenvalue weighted by Gasteiger charge is 2.36. The highest BCUT2D eigenvalue weighted by Crippen LogP contribution is 2.24. The Kier molecular flexibility index (Phi) is 5.36. The maximum absolute atomic E-state index is 12.7. The van der Waals surface area contributed by atoms with Gasteiger partial charge in [-0.3, -0.25) is 19.3 Å². The van der Waals surface area contributed by atoms with Crippen molar-refractivity contribution in [1.29, 1.82) is 0 Å². The van der Waals surface area contributed by atoms with Crippen LogP contribution in [0.25, 0.3) is 10.2 Å². The van der Waals surface area contributed by atoms with Crippen molar-refractivity contribution in [2.45, 2.75) is 20.4 Å². The maximum atomic E-state index is 12.7. The van der Waals surface area contributed by atoms with Crippen molar-refractivity contribution in [3.63, 3.8) is 0 Å². The number of benzene rings is 2. The molecule has 3 amide bonds. The van der Waals surface area contributed by atoms with Gasteiger partial charge in [-0.2, -0.15) is 4.99 Å². The van der Waals surface area contributed by atoms with Gasteiger partial charge in [-0.15, -0.1) is 0 Å². The average Bonchev–Trinajstić information content (AvgIpc) is 3.17. The number of imide groups is 1. The molecular weight excluding hydrogens is 402 g/mol. The van der Waals surface area contributed by atoms with Crippen LogP contribution >= 0.6 is 11.3 Å². The lowest BCUT2D eigenvalue weighted by molar-refractivity contribution is -0.118. The quantitative estimate of drug-likeness (QED) is 0.591. The van der Waals surface area contributed by atoms with Crippen LogP contribution in [-0.4, -0.2) is 47.4 Å². The molecule has 2 heterocycles. The first-order chi connectivity index (χ1) is 14.4. The zero-order valence-corrected chi connectivity index (χ0v) is 17.8.